The monoisotopic (exact) mass is 206 g/mol. The van der Waals surface area contributed by atoms with Crippen molar-refractivity contribution in [3.63, 3.8) is 0 Å². The Kier molecular flexibility index (Phi) is 2.36. The maximum Gasteiger partial charge on any atom is 0.213 e. The van der Waals surface area contributed by atoms with Gasteiger partial charge in [0.25, 0.3) is 0 Å². The molecule has 2 heterocycles. The first-order chi connectivity index (χ1) is 7.25. The van der Waals surface area contributed by atoms with Crippen LogP contribution >= 0.6 is 0 Å². The van der Waals surface area contributed by atoms with E-state index in [1.807, 2.05) is 0 Å². The number of rotatable bonds is 3. The lowest BCUT2D eigenvalue weighted by molar-refractivity contribution is 0.411. The highest BCUT2D eigenvalue weighted by Crippen LogP contribution is 2.14. The van der Waals surface area contributed by atoms with Gasteiger partial charge in [0.15, 0.2) is 5.82 Å². The fourth-order valence-corrected chi connectivity index (χ4v) is 1.02. The average molecular weight is 206 g/mol. The predicted molar refractivity (Wildman–Crippen MR) is 54.7 cm³/mol. The number of nitrogens with two attached hydrogens (primary N) is 2. The molecule has 0 aliphatic rings. The van der Waals surface area contributed by atoms with Crippen molar-refractivity contribution < 1.29 is 4.52 Å². The largest absolute Gasteiger partial charge is 0.396 e. The zero-order chi connectivity index (χ0) is 10.7. The summed E-state index contributed by atoms with van der Waals surface area (Å²) in [5.74, 6) is 1.46. The molecule has 2 aromatic rings. The summed E-state index contributed by atoms with van der Waals surface area (Å²) in [4.78, 5) is 7.87. The zero-order valence-electron chi connectivity index (χ0n) is 7.84. The van der Waals surface area contributed by atoms with Gasteiger partial charge < -0.3 is 21.3 Å². The Morgan fingerprint density at radius 2 is 2.20 bits per heavy atom. The van der Waals surface area contributed by atoms with Crippen molar-refractivity contribution in [2.24, 2.45) is 0 Å². The first-order valence-corrected chi connectivity index (χ1v) is 4.27. The van der Waals surface area contributed by atoms with Crippen LogP contribution in [0.25, 0.3) is 0 Å². The second-order valence-corrected chi connectivity index (χ2v) is 2.87. The Hall–Kier alpha value is -2.31. The van der Waals surface area contributed by atoms with Gasteiger partial charge in [-0.2, -0.15) is 4.98 Å². The Balaban J connectivity index is 2.02. The highest BCUT2D eigenvalue weighted by molar-refractivity contribution is 5.61. The Labute approximate surface area is 85.5 Å². The van der Waals surface area contributed by atoms with E-state index in [1.54, 1.807) is 12.1 Å². The third-order valence-corrected chi connectivity index (χ3v) is 1.79. The fourth-order valence-electron chi connectivity index (χ4n) is 1.02. The molecule has 0 bridgehead atoms. The van der Waals surface area contributed by atoms with Crippen LogP contribution in [0.15, 0.2) is 23.0 Å². The molecule has 78 valence electrons. The molecule has 5 N–H and O–H groups in total. The second-order valence-electron chi connectivity index (χ2n) is 2.87. The van der Waals surface area contributed by atoms with Crippen LogP contribution in [-0.2, 0) is 6.54 Å². The van der Waals surface area contributed by atoms with Gasteiger partial charge >= 0.3 is 0 Å². The van der Waals surface area contributed by atoms with Gasteiger partial charge in [0.1, 0.15) is 11.6 Å². The van der Waals surface area contributed by atoms with E-state index >= 15 is 0 Å². The SMILES string of the molecule is Nc1ccc(NCc2ncon2)nc1N. The van der Waals surface area contributed by atoms with E-state index in [2.05, 4.69) is 25.0 Å². The van der Waals surface area contributed by atoms with Gasteiger partial charge in [-0.3, -0.25) is 0 Å². The third-order valence-electron chi connectivity index (χ3n) is 1.79. The molecule has 0 radical (unpaired) electrons. The summed E-state index contributed by atoms with van der Waals surface area (Å²) in [7, 11) is 0. The van der Waals surface area contributed by atoms with Crippen molar-refractivity contribution in [1.29, 1.82) is 0 Å². The van der Waals surface area contributed by atoms with E-state index in [0.29, 0.717) is 29.7 Å². The first kappa shape index (κ1) is 9.25. The van der Waals surface area contributed by atoms with Gasteiger partial charge in [-0.05, 0) is 12.1 Å². The van der Waals surface area contributed by atoms with Crippen molar-refractivity contribution in [3.8, 4) is 0 Å². The minimum Gasteiger partial charge on any atom is -0.396 e. The van der Waals surface area contributed by atoms with Gasteiger partial charge in [0.05, 0.1) is 12.2 Å². The van der Waals surface area contributed by atoms with E-state index in [-0.39, 0.29) is 0 Å². The predicted octanol–water partition coefficient (Wildman–Crippen LogP) is 0.241. The second kappa shape index (κ2) is 3.82. The van der Waals surface area contributed by atoms with Gasteiger partial charge in [-0.15, -0.1) is 0 Å². The van der Waals surface area contributed by atoms with E-state index in [1.165, 1.54) is 6.39 Å². The van der Waals surface area contributed by atoms with Crippen LogP contribution in [0.3, 0.4) is 0 Å². The molecule has 0 fully saturated rings. The molecule has 0 aromatic carbocycles. The normalized spacial score (nSPS) is 10.1. The van der Waals surface area contributed by atoms with Crippen LogP contribution in [-0.4, -0.2) is 15.1 Å². The van der Waals surface area contributed by atoms with Crippen molar-refractivity contribution in [1.82, 2.24) is 15.1 Å². The zero-order valence-corrected chi connectivity index (χ0v) is 7.84. The van der Waals surface area contributed by atoms with E-state index in [9.17, 15) is 0 Å². The molecule has 15 heavy (non-hydrogen) atoms. The van der Waals surface area contributed by atoms with Crippen LogP contribution in [0, 0.1) is 0 Å². The lowest BCUT2D eigenvalue weighted by Crippen LogP contribution is -2.05. The quantitative estimate of drug-likeness (QED) is 0.658. The summed E-state index contributed by atoms with van der Waals surface area (Å²) >= 11 is 0. The van der Waals surface area contributed by atoms with Gasteiger partial charge in [0.2, 0.25) is 6.39 Å². The van der Waals surface area contributed by atoms with Crippen LogP contribution in [0.5, 0.6) is 0 Å². The summed E-state index contributed by atoms with van der Waals surface area (Å²) in [5, 5.41) is 6.62. The fraction of sp³-hybridized carbons (Fsp3) is 0.125. The Morgan fingerprint density at radius 1 is 1.33 bits per heavy atom. The number of hydrogen-bond acceptors (Lipinski definition) is 7. The topological polar surface area (TPSA) is 116 Å². The molecule has 0 aliphatic carbocycles. The molecule has 0 aliphatic heterocycles. The number of hydrogen-bond donors (Lipinski definition) is 3. The molecule has 2 aromatic heterocycles. The highest BCUT2D eigenvalue weighted by atomic mass is 16.5. The molecule has 7 heteroatoms. The number of anilines is 3. The summed E-state index contributed by atoms with van der Waals surface area (Å²) in [6.07, 6.45) is 1.27. The Bertz CT molecular complexity index is 440. The summed E-state index contributed by atoms with van der Waals surface area (Å²) in [6, 6.07) is 3.41. The van der Waals surface area contributed by atoms with Gasteiger partial charge in [-0.1, -0.05) is 5.16 Å². The molecule has 0 unspecified atom stereocenters. The van der Waals surface area contributed by atoms with Crippen LogP contribution < -0.4 is 16.8 Å². The molecular weight excluding hydrogens is 196 g/mol. The smallest absolute Gasteiger partial charge is 0.213 e. The lowest BCUT2D eigenvalue weighted by atomic mass is 10.4. The van der Waals surface area contributed by atoms with Gasteiger partial charge in [-0.25, -0.2) is 4.98 Å². The minimum atomic E-state index is 0.299. The molecule has 0 amide bonds. The summed E-state index contributed by atoms with van der Waals surface area (Å²) < 4.78 is 4.58. The standard InChI is InChI=1S/C8H10N6O/c9-5-1-2-6(13-8(5)10)11-3-7-12-4-15-14-7/h1-2,4H,3,9H2,(H3,10,11,13). The van der Waals surface area contributed by atoms with Crippen LogP contribution in [0.4, 0.5) is 17.3 Å². The van der Waals surface area contributed by atoms with Crippen molar-refractivity contribution in [2.45, 2.75) is 6.54 Å². The average Bonchev–Trinajstić information content (AvgIpc) is 2.73. The van der Waals surface area contributed by atoms with E-state index < -0.39 is 0 Å². The maximum atomic E-state index is 5.54. The molecule has 0 saturated carbocycles. The minimum absolute atomic E-state index is 0.299. The summed E-state index contributed by atoms with van der Waals surface area (Å²) in [6.45, 7) is 0.423. The Morgan fingerprint density at radius 3 is 2.87 bits per heavy atom. The number of nitrogens with one attached hydrogen (secondary N) is 1. The molecule has 2 rings (SSSR count). The molecule has 0 saturated heterocycles. The number of pyridine rings is 1. The lowest BCUT2D eigenvalue weighted by Gasteiger charge is -2.04. The van der Waals surface area contributed by atoms with Crippen molar-refractivity contribution >= 4 is 17.3 Å². The maximum absolute atomic E-state index is 5.54. The number of nitrogens with zero attached hydrogens (tertiary/aromatic N) is 3. The van der Waals surface area contributed by atoms with Crippen molar-refractivity contribution in [2.75, 3.05) is 16.8 Å². The summed E-state index contributed by atoms with van der Waals surface area (Å²) in [5.41, 5.74) is 11.5. The van der Waals surface area contributed by atoms with Gasteiger partial charge in [0, 0.05) is 0 Å². The van der Waals surface area contributed by atoms with E-state index in [0.717, 1.165) is 0 Å². The van der Waals surface area contributed by atoms with E-state index in [4.69, 9.17) is 11.5 Å². The first-order valence-electron chi connectivity index (χ1n) is 4.27. The van der Waals surface area contributed by atoms with Crippen LogP contribution in [0.2, 0.25) is 0 Å². The van der Waals surface area contributed by atoms with Crippen molar-refractivity contribution in [3.05, 3.63) is 24.4 Å². The molecule has 0 atom stereocenters. The third kappa shape index (κ3) is 2.13. The highest BCUT2D eigenvalue weighted by Gasteiger charge is 2.01. The molecule has 7 nitrogen and oxygen atoms in total. The molecular formula is C8H10N6O. The number of aromatic nitrogens is 3. The molecule has 0 spiro atoms. The van der Waals surface area contributed by atoms with Crippen LogP contribution in [0.1, 0.15) is 5.82 Å². The number of nitrogen functional groups attached to an aromatic ring is 2.